The van der Waals surface area contributed by atoms with Gasteiger partial charge in [0.2, 0.25) is 5.91 Å². The zero-order chi connectivity index (χ0) is 16.5. The average molecular weight is 295 g/mol. The van der Waals surface area contributed by atoms with Gasteiger partial charge in [0, 0.05) is 37.2 Å². The van der Waals surface area contributed by atoms with Crippen LogP contribution in [0.25, 0.3) is 0 Å². The molecule has 0 saturated carbocycles. The van der Waals surface area contributed by atoms with E-state index in [0.717, 1.165) is 0 Å². The molecule has 1 N–H and O–H groups in total. The molecule has 21 heavy (non-hydrogen) atoms. The van der Waals surface area contributed by atoms with E-state index in [1.54, 1.807) is 17.9 Å². The molecule has 1 aromatic rings. The topological polar surface area (TPSA) is 75.4 Å². The molecule has 6 nitrogen and oxygen atoms in total. The molecule has 0 aliphatic heterocycles. The highest BCUT2D eigenvalue weighted by molar-refractivity contribution is 5.84. The zero-order valence-corrected chi connectivity index (χ0v) is 13.8. The third-order valence-corrected chi connectivity index (χ3v) is 3.29. The van der Waals surface area contributed by atoms with Crippen LogP contribution < -0.4 is 0 Å². The largest absolute Gasteiger partial charge is 0.479 e. The van der Waals surface area contributed by atoms with Gasteiger partial charge in [0.15, 0.2) is 6.04 Å². The summed E-state index contributed by atoms with van der Waals surface area (Å²) in [6.07, 6.45) is 1.69. The summed E-state index contributed by atoms with van der Waals surface area (Å²) in [6.45, 7) is 10.9. The van der Waals surface area contributed by atoms with Gasteiger partial charge in [-0.3, -0.25) is 9.48 Å². The number of hydrogen-bond donors (Lipinski definition) is 1. The summed E-state index contributed by atoms with van der Waals surface area (Å²) in [6, 6.07) is -1.23. The maximum absolute atomic E-state index is 11.9. The number of amides is 1. The first-order valence-electron chi connectivity index (χ1n) is 7.02. The highest BCUT2D eigenvalue weighted by Crippen LogP contribution is 2.32. The number of aryl methyl sites for hydroxylation is 1. The van der Waals surface area contributed by atoms with Crippen molar-refractivity contribution in [2.45, 2.75) is 59.0 Å². The fourth-order valence-electron chi connectivity index (χ4n) is 2.54. The summed E-state index contributed by atoms with van der Waals surface area (Å²) >= 11 is 0. The molecule has 0 spiro atoms. The molecule has 118 valence electrons. The number of nitrogens with zero attached hydrogens (tertiary/aromatic N) is 3. The number of aliphatic carboxylic acids is 1. The van der Waals surface area contributed by atoms with E-state index < -0.39 is 12.0 Å². The normalized spacial score (nSPS) is 13.3. The number of rotatable bonds is 4. The first-order valence-corrected chi connectivity index (χ1v) is 7.02. The van der Waals surface area contributed by atoms with Crippen LogP contribution in [0.15, 0.2) is 6.20 Å². The second kappa shape index (κ2) is 5.87. The fraction of sp³-hybridized carbons (Fsp3) is 0.667. The summed E-state index contributed by atoms with van der Waals surface area (Å²) in [4.78, 5) is 25.1. The van der Waals surface area contributed by atoms with Gasteiger partial charge in [-0.15, -0.1) is 0 Å². The van der Waals surface area contributed by atoms with E-state index >= 15 is 0 Å². The Morgan fingerprint density at radius 3 is 2.19 bits per heavy atom. The molecule has 1 unspecified atom stereocenters. The number of carbonyl (C=O) groups is 2. The molecule has 1 atom stereocenters. The quantitative estimate of drug-likeness (QED) is 0.923. The Kier molecular flexibility index (Phi) is 4.81. The zero-order valence-electron chi connectivity index (χ0n) is 13.8. The minimum Gasteiger partial charge on any atom is -0.479 e. The van der Waals surface area contributed by atoms with Gasteiger partial charge in [0.05, 0.1) is 5.69 Å². The Morgan fingerprint density at radius 1 is 1.33 bits per heavy atom. The van der Waals surface area contributed by atoms with Crippen molar-refractivity contribution in [3.63, 3.8) is 0 Å². The third kappa shape index (κ3) is 3.62. The molecule has 0 bridgehead atoms. The molecule has 1 rings (SSSR count). The summed E-state index contributed by atoms with van der Waals surface area (Å²) in [5.41, 5.74) is 0.967. The summed E-state index contributed by atoms with van der Waals surface area (Å²) in [5, 5.41) is 14.1. The van der Waals surface area contributed by atoms with Crippen LogP contribution in [0.5, 0.6) is 0 Å². The lowest BCUT2D eigenvalue weighted by Gasteiger charge is -2.32. The first-order chi connectivity index (χ1) is 9.46. The number of carbonyl (C=O) groups excluding carboxylic acids is 1. The number of carboxylic acid groups (broad SMARTS) is 1. The van der Waals surface area contributed by atoms with E-state index in [2.05, 4.69) is 5.10 Å². The molecule has 1 heterocycles. The average Bonchev–Trinajstić information content (AvgIpc) is 2.65. The molecule has 0 aliphatic rings. The van der Waals surface area contributed by atoms with Crippen LogP contribution in [0.3, 0.4) is 0 Å². The summed E-state index contributed by atoms with van der Waals surface area (Å²) in [7, 11) is 1.76. The van der Waals surface area contributed by atoms with E-state index in [-0.39, 0.29) is 17.4 Å². The molecular weight excluding hydrogens is 270 g/mol. The summed E-state index contributed by atoms with van der Waals surface area (Å²) < 4.78 is 1.60. The van der Waals surface area contributed by atoms with E-state index in [9.17, 15) is 14.7 Å². The van der Waals surface area contributed by atoms with E-state index in [1.165, 1.54) is 11.8 Å². The number of carboxylic acids is 1. The van der Waals surface area contributed by atoms with Gasteiger partial charge >= 0.3 is 5.97 Å². The van der Waals surface area contributed by atoms with Crippen molar-refractivity contribution in [3.8, 4) is 0 Å². The van der Waals surface area contributed by atoms with Crippen molar-refractivity contribution in [1.29, 1.82) is 0 Å². The third-order valence-electron chi connectivity index (χ3n) is 3.29. The monoisotopic (exact) mass is 295 g/mol. The number of hydrogen-bond acceptors (Lipinski definition) is 3. The predicted octanol–water partition coefficient (Wildman–Crippen LogP) is 2.10. The maximum Gasteiger partial charge on any atom is 0.331 e. The van der Waals surface area contributed by atoms with Gasteiger partial charge in [-0.25, -0.2) is 4.79 Å². The molecule has 6 heteroatoms. The minimum atomic E-state index is -1.04. The van der Waals surface area contributed by atoms with E-state index in [1.807, 2.05) is 34.6 Å². The fourth-order valence-corrected chi connectivity index (χ4v) is 2.54. The maximum atomic E-state index is 11.9. The molecule has 0 aromatic carbocycles. The lowest BCUT2D eigenvalue weighted by molar-refractivity contribution is -0.151. The lowest BCUT2D eigenvalue weighted by Crippen LogP contribution is -2.42. The Bertz CT molecular complexity index is 541. The van der Waals surface area contributed by atoms with E-state index in [0.29, 0.717) is 11.3 Å². The minimum absolute atomic E-state index is 0.211. The van der Waals surface area contributed by atoms with Gasteiger partial charge in [0.25, 0.3) is 0 Å². The van der Waals surface area contributed by atoms with Crippen molar-refractivity contribution in [2.75, 3.05) is 0 Å². The van der Waals surface area contributed by atoms with Crippen LogP contribution in [0.1, 0.15) is 58.8 Å². The smallest absolute Gasteiger partial charge is 0.331 e. The van der Waals surface area contributed by atoms with Crippen LogP contribution in [-0.2, 0) is 22.1 Å². The molecular formula is C15H25N3O3. The Balaban J connectivity index is 3.50. The summed E-state index contributed by atoms with van der Waals surface area (Å²) in [5.74, 6) is -1.31. The Hall–Kier alpha value is -1.85. The van der Waals surface area contributed by atoms with Crippen molar-refractivity contribution in [1.82, 2.24) is 14.7 Å². The number of aromatic nitrogens is 2. The van der Waals surface area contributed by atoms with Crippen molar-refractivity contribution in [2.24, 2.45) is 7.05 Å². The Labute approximate surface area is 125 Å². The second-order valence-electron chi connectivity index (χ2n) is 6.62. The molecule has 0 fully saturated rings. The molecule has 0 saturated heterocycles. The predicted molar refractivity (Wildman–Crippen MR) is 79.9 cm³/mol. The van der Waals surface area contributed by atoms with Crippen molar-refractivity contribution >= 4 is 11.9 Å². The molecule has 0 aliphatic carbocycles. The second-order valence-corrected chi connectivity index (χ2v) is 6.62. The van der Waals surface area contributed by atoms with Crippen molar-refractivity contribution < 1.29 is 14.7 Å². The standard InChI is InChI=1S/C15H25N3O3/c1-9(2)18(10(3)19)12(14(20)21)11-8-17(7)16-13(11)15(4,5)6/h8-9,12H,1-7H3,(H,20,21). The van der Waals surface area contributed by atoms with Crippen molar-refractivity contribution in [3.05, 3.63) is 17.5 Å². The van der Waals surface area contributed by atoms with Crippen LogP contribution in [0.4, 0.5) is 0 Å². The molecule has 1 amide bonds. The van der Waals surface area contributed by atoms with Gasteiger partial charge in [-0.05, 0) is 13.8 Å². The van der Waals surface area contributed by atoms with Gasteiger partial charge < -0.3 is 10.0 Å². The van der Waals surface area contributed by atoms with Gasteiger partial charge in [-0.2, -0.15) is 5.10 Å². The van der Waals surface area contributed by atoms with Crippen LogP contribution in [0, 0.1) is 0 Å². The molecule has 1 aromatic heterocycles. The highest BCUT2D eigenvalue weighted by atomic mass is 16.4. The first kappa shape index (κ1) is 17.2. The van der Waals surface area contributed by atoms with Crippen LogP contribution in [0.2, 0.25) is 0 Å². The van der Waals surface area contributed by atoms with Gasteiger partial charge in [-0.1, -0.05) is 20.8 Å². The molecule has 0 radical (unpaired) electrons. The van der Waals surface area contributed by atoms with E-state index in [4.69, 9.17) is 0 Å². The van der Waals surface area contributed by atoms with Gasteiger partial charge in [0.1, 0.15) is 0 Å². The SMILES string of the molecule is CC(=O)N(C(C)C)C(C(=O)O)c1cn(C)nc1C(C)(C)C. The highest BCUT2D eigenvalue weighted by Gasteiger charge is 2.36. The van der Waals surface area contributed by atoms with Crippen LogP contribution >= 0.6 is 0 Å². The van der Waals surface area contributed by atoms with Crippen LogP contribution in [-0.4, -0.2) is 37.7 Å². The Morgan fingerprint density at radius 2 is 1.86 bits per heavy atom. The lowest BCUT2D eigenvalue weighted by atomic mass is 9.87.